The molecule has 0 radical (unpaired) electrons. The van der Waals surface area contributed by atoms with Crippen molar-refractivity contribution in [3.8, 4) is 0 Å². The zero-order valence-electron chi connectivity index (χ0n) is 10.7. The van der Waals surface area contributed by atoms with Crippen molar-refractivity contribution < 1.29 is 9.90 Å². The van der Waals surface area contributed by atoms with Gasteiger partial charge in [-0.05, 0) is 6.92 Å². The smallest absolute Gasteiger partial charge is 0.356 e. The highest BCUT2D eigenvalue weighted by atomic mass is 32.1. The van der Waals surface area contributed by atoms with Gasteiger partial charge in [0.15, 0.2) is 5.69 Å². The lowest BCUT2D eigenvalue weighted by Gasteiger charge is -2.16. The summed E-state index contributed by atoms with van der Waals surface area (Å²) in [6.07, 6.45) is 5.43. The highest BCUT2D eigenvalue weighted by molar-refractivity contribution is 7.11. The summed E-state index contributed by atoms with van der Waals surface area (Å²) in [5.41, 5.74) is -0.0484. The number of hydrogen-bond acceptors (Lipinski definition) is 6. The highest BCUT2D eigenvalue weighted by Crippen LogP contribution is 2.13. The largest absolute Gasteiger partial charge is 0.476 e. The van der Waals surface area contributed by atoms with Gasteiger partial charge in [0, 0.05) is 31.1 Å². The monoisotopic (exact) mass is 278 g/mol. The molecule has 2 aromatic heterocycles. The van der Waals surface area contributed by atoms with Gasteiger partial charge in [-0.25, -0.2) is 19.7 Å². The van der Waals surface area contributed by atoms with E-state index in [-0.39, 0.29) is 5.69 Å². The van der Waals surface area contributed by atoms with Gasteiger partial charge in [-0.1, -0.05) is 0 Å². The molecule has 6 nitrogen and oxygen atoms in total. The maximum atomic E-state index is 10.7. The molecule has 19 heavy (non-hydrogen) atoms. The molecule has 0 fully saturated rings. The zero-order chi connectivity index (χ0) is 13.8. The number of aromatic carboxylic acids is 1. The Morgan fingerprint density at radius 3 is 2.63 bits per heavy atom. The van der Waals surface area contributed by atoms with E-state index >= 15 is 0 Å². The predicted octanol–water partition coefficient (Wildman–Crippen LogP) is 1.62. The molecule has 0 amide bonds. The van der Waals surface area contributed by atoms with E-state index < -0.39 is 5.97 Å². The Balaban J connectivity index is 1.95. The fraction of sp³-hybridized carbons (Fsp3) is 0.333. The maximum Gasteiger partial charge on any atom is 0.356 e. The normalized spacial score (nSPS) is 10.4. The molecule has 100 valence electrons. The third-order valence-electron chi connectivity index (χ3n) is 2.58. The second-order valence-corrected chi connectivity index (χ2v) is 5.42. The van der Waals surface area contributed by atoms with Crippen LogP contribution in [0.4, 0.5) is 5.82 Å². The Kier molecular flexibility index (Phi) is 4.06. The number of aromatic nitrogens is 3. The number of carboxylic acid groups (broad SMARTS) is 1. The van der Waals surface area contributed by atoms with Crippen molar-refractivity contribution in [2.45, 2.75) is 13.3 Å². The quantitative estimate of drug-likeness (QED) is 0.895. The number of nitrogens with zero attached hydrogens (tertiary/aromatic N) is 4. The lowest BCUT2D eigenvalue weighted by molar-refractivity contribution is 0.0690. The van der Waals surface area contributed by atoms with E-state index in [9.17, 15) is 4.79 Å². The first-order chi connectivity index (χ1) is 9.06. The van der Waals surface area contributed by atoms with Crippen LogP contribution in [-0.2, 0) is 6.42 Å². The minimum atomic E-state index is -1.07. The molecule has 0 saturated heterocycles. The number of rotatable bonds is 5. The minimum absolute atomic E-state index is 0.0484. The Labute approximate surface area is 114 Å². The van der Waals surface area contributed by atoms with Gasteiger partial charge in [-0.2, -0.15) is 0 Å². The van der Waals surface area contributed by atoms with Crippen LogP contribution in [0.1, 0.15) is 20.4 Å². The first kappa shape index (κ1) is 13.4. The predicted molar refractivity (Wildman–Crippen MR) is 72.8 cm³/mol. The molecule has 0 aliphatic carbocycles. The van der Waals surface area contributed by atoms with Crippen LogP contribution in [0, 0.1) is 6.92 Å². The van der Waals surface area contributed by atoms with Crippen molar-refractivity contribution in [3.63, 3.8) is 0 Å². The molecule has 2 rings (SSSR count). The molecule has 0 aliphatic heterocycles. The molecule has 2 aromatic rings. The number of aryl methyl sites for hydroxylation is 1. The van der Waals surface area contributed by atoms with Gasteiger partial charge in [0.05, 0.1) is 17.4 Å². The number of carboxylic acids is 1. The van der Waals surface area contributed by atoms with Gasteiger partial charge >= 0.3 is 5.97 Å². The summed E-state index contributed by atoms with van der Waals surface area (Å²) < 4.78 is 0. The third kappa shape index (κ3) is 3.47. The summed E-state index contributed by atoms with van der Waals surface area (Å²) in [5, 5.41) is 9.83. The third-order valence-corrected chi connectivity index (χ3v) is 3.55. The Morgan fingerprint density at radius 2 is 2.11 bits per heavy atom. The summed E-state index contributed by atoms with van der Waals surface area (Å²) in [7, 11) is 1.89. The zero-order valence-corrected chi connectivity index (χ0v) is 11.5. The van der Waals surface area contributed by atoms with Gasteiger partial charge < -0.3 is 10.0 Å². The molecular formula is C12H14N4O2S. The van der Waals surface area contributed by atoms with Gasteiger partial charge in [0.25, 0.3) is 0 Å². The van der Waals surface area contributed by atoms with Crippen LogP contribution in [0.25, 0.3) is 0 Å². The number of thiazole rings is 1. The number of carbonyl (C=O) groups is 1. The second kappa shape index (κ2) is 5.75. The molecule has 2 heterocycles. The van der Waals surface area contributed by atoms with Crippen molar-refractivity contribution in [1.29, 1.82) is 0 Å². The summed E-state index contributed by atoms with van der Waals surface area (Å²) in [6, 6.07) is 0. The Hall–Kier alpha value is -2.02. The first-order valence-electron chi connectivity index (χ1n) is 5.74. The molecule has 0 atom stereocenters. The molecule has 7 heteroatoms. The van der Waals surface area contributed by atoms with Crippen molar-refractivity contribution in [1.82, 2.24) is 15.0 Å². The average Bonchev–Trinajstić information content (AvgIpc) is 2.82. The average molecular weight is 278 g/mol. The van der Waals surface area contributed by atoms with Crippen LogP contribution >= 0.6 is 11.3 Å². The first-order valence-corrected chi connectivity index (χ1v) is 6.55. The lowest BCUT2D eigenvalue weighted by atomic mass is 10.4. The molecule has 0 unspecified atom stereocenters. The molecule has 0 bridgehead atoms. The van der Waals surface area contributed by atoms with Gasteiger partial charge in [-0.3, -0.25) is 0 Å². The molecule has 0 aliphatic rings. The SMILES string of the molecule is Cc1cnc(CCN(C)c2cnc(C(=O)O)cn2)s1. The van der Waals surface area contributed by atoms with Crippen molar-refractivity contribution >= 4 is 23.1 Å². The van der Waals surface area contributed by atoms with Crippen LogP contribution in [0.5, 0.6) is 0 Å². The van der Waals surface area contributed by atoms with Crippen molar-refractivity contribution in [2.24, 2.45) is 0 Å². The minimum Gasteiger partial charge on any atom is -0.476 e. The van der Waals surface area contributed by atoms with E-state index in [0.29, 0.717) is 5.82 Å². The van der Waals surface area contributed by atoms with E-state index in [1.54, 1.807) is 11.3 Å². The number of hydrogen-bond donors (Lipinski definition) is 1. The molecule has 0 aromatic carbocycles. The van der Waals surface area contributed by atoms with Crippen LogP contribution in [-0.4, -0.2) is 39.6 Å². The number of anilines is 1. The van der Waals surface area contributed by atoms with E-state index in [0.717, 1.165) is 18.0 Å². The van der Waals surface area contributed by atoms with Crippen LogP contribution < -0.4 is 4.90 Å². The standard InChI is InChI=1S/C12H14N4O2S/c1-8-5-15-11(19-8)3-4-16(2)10-7-13-9(6-14-10)12(17)18/h5-7H,3-4H2,1-2H3,(H,17,18). The van der Waals surface area contributed by atoms with Crippen LogP contribution in [0.15, 0.2) is 18.6 Å². The lowest BCUT2D eigenvalue weighted by Crippen LogP contribution is -2.21. The van der Waals surface area contributed by atoms with Gasteiger partial charge in [-0.15, -0.1) is 11.3 Å². The van der Waals surface area contributed by atoms with Crippen molar-refractivity contribution in [2.75, 3.05) is 18.5 Å². The Bertz CT molecular complexity index is 567. The van der Waals surface area contributed by atoms with E-state index in [4.69, 9.17) is 5.11 Å². The highest BCUT2D eigenvalue weighted by Gasteiger charge is 2.08. The Morgan fingerprint density at radius 1 is 1.32 bits per heavy atom. The molecular weight excluding hydrogens is 264 g/mol. The van der Waals surface area contributed by atoms with E-state index in [1.165, 1.54) is 17.3 Å². The summed E-state index contributed by atoms with van der Waals surface area (Å²) in [6.45, 7) is 2.79. The van der Waals surface area contributed by atoms with Crippen LogP contribution in [0.2, 0.25) is 0 Å². The summed E-state index contributed by atoms with van der Waals surface area (Å²) >= 11 is 1.68. The number of likely N-dealkylation sites (N-methyl/N-ethyl adjacent to an activating group) is 1. The fourth-order valence-corrected chi connectivity index (χ4v) is 2.30. The molecule has 0 spiro atoms. The molecule has 1 N–H and O–H groups in total. The van der Waals surface area contributed by atoms with E-state index in [2.05, 4.69) is 15.0 Å². The van der Waals surface area contributed by atoms with Gasteiger partial charge in [0.1, 0.15) is 5.82 Å². The summed E-state index contributed by atoms with van der Waals surface area (Å²) in [5.74, 6) is -0.418. The second-order valence-electron chi connectivity index (χ2n) is 4.10. The van der Waals surface area contributed by atoms with E-state index in [1.807, 2.05) is 25.1 Å². The van der Waals surface area contributed by atoms with Gasteiger partial charge in [0.2, 0.25) is 0 Å². The van der Waals surface area contributed by atoms with Crippen LogP contribution in [0.3, 0.4) is 0 Å². The molecule has 0 saturated carbocycles. The fourth-order valence-electron chi connectivity index (χ4n) is 1.52. The maximum absolute atomic E-state index is 10.7. The topological polar surface area (TPSA) is 79.2 Å². The summed E-state index contributed by atoms with van der Waals surface area (Å²) in [4.78, 5) is 26.0. The van der Waals surface area contributed by atoms with Crippen molar-refractivity contribution in [3.05, 3.63) is 34.2 Å².